The minimum absolute atomic E-state index is 0.0431. The zero-order valence-corrected chi connectivity index (χ0v) is 17.0. The average molecular weight is 391 g/mol. The number of aryl methyl sites for hydroxylation is 1. The summed E-state index contributed by atoms with van der Waals surface area (Å²) in [6.07, 6.45) is 0. The number of sulfonamides is 1. The van der Waals surface area contributed by atoms with E-state index in [1.807, 2.05) is 20.8 Å². The molecule has 0 saturated heterocycles. The molecule has 0 saturated carbocycles. The van der Waals surface area contributed by atoms with Gasteiger partial charge in [0.2, 0.25) is 0 Å². The number of carbonyl (C=O) groups is 1. The summed E-state index contributed by atoms with van der Waals surface area (Å²) in [6.45, 7) is 6.97. The first-order chi connectivity index (χ1) is 12.8. The molecule has 0 aliphatic heterocycles. The van der Waals surface area contributed by atoms with E-state index in [9.17, 15) is 13.2 Å². The van der Waals surface area contributed by atoms with Crippen LogP contribution in [0.5, 0.6) is 5.75 Å². The van der Waals surface area contributed by atoms with Crippen LogP contribution in [0.4, 0.5) is 5.69 Å². The molecular weight excluding hydrogens is 364 g/mol. The van der Waals surface area contributed by atoms with E-state index in [4.69, 9.17) is 4.74 Å². The first-order valence-corrected chi connectivity index (χ1v) is 10.3. The number of anilines is 1. The number of hydrogen-bond donors (Lipinski definition) is 0. The highest BCUT2D eigenvalue weighted by Crippen LogP contribution is 2.24. The summed E-state index contributed by atoms with van der Waals surface area (Å²) in [5.74, 6) is 0.434. The summed E-state index contributed by atoms with van der Waals surface area (Å²) in [5.41, 5.74) is 1.51. The van der Waals surface area contributed by atoms with Crippen LogP contribution in [-0.2, 0) is 14.8 Å². The summed E-state index contributed by atoms with van der Waals surface area (Å²) in [7, 11) is -2.12. The molecule has 6 nitrogen and oxygen atoms in total. The molecule has 2 aromatic carbocycles. The lowest BCUT2D eigenvalue weighted by atomic mass is 10.2. The highest BCUT2D eigenvalue weighted by molar-refractivity contribution is 7.92. The molecule has 0 radical (unpaired) electrons. The minimum Gasteiger partial charge on any atom is -0.484 e. The van der Waals surface area contributed by atoms with Crippen LogP contribution in [0.25, 0.3) is 0 Å². The molecule has 2 aromatic rings. The molecule has 0 aromatic heterocycles. The summed E-state index contributed by atoms with van der Waals surface area (Å²) in [4.78, 5) is 13.9. The second-order valence-electron chi connectivity index (χ2n) is 6.13. The SMILES string of the molecule is CCN(CC)C(=O)COc1ccc(N(C)S(=O)(=O)c2ccc(C)cc2)cc1. The third-order valence-corrected chi connectivity index (χ3v) is 6.16. The standard InChI is InChI=1S/C20H26N2O4S/c1-5-22(6-2)20(23)15-26-18-11-9-17(10-12-18)21(4)27(24,25)19-13-7-16(3)8-14-19/h7-14H,5-6,15H2,1-4H3. The largest absolute Gasteiger partial charge is 0.484 e. The van der Waals surface area contributed by atoms with Gasteiger partial charge >= 0.3 is 0 Å². The average Bonchev–Trinajstić information content (AvgIpc) is 2.67. The Labute approximate surface area is 161 Å². The predicted octanol–water partition coefficient (Wildman–Crippen LogP) is 3.07. The van der Waals surface area contributed by atoms with Gasteiger partial charge in [-0.15, -0.1) is 0 Å². The Bertz CT molecular complexity index is 858. The molecule has 0 aliphatic carbocycles. The van der Waals surface area contributed by atoms with E-state index in [2.05, 4.69) is 0 Å². The van der Waals surface area contributed by atoms with Gasteiger partial charge < -0.3 is 9.64 Å². The van der Waals surface area contributed by atoms with Crippen molar-refractivity contribution in [1.82, 2.24) is 4.90 Å². The number of ether oxygens (including phenoxy) is 1. The molecule has 1 amide bonds. The second kappa shape index (κ2) is 8.90. The van der Waals surface area contributed by atoms with E-state index < -0.39 is 10.0 Å². The lowest BCUT2D eigenvalue weighted by Crippen LogP contribution is -2.34. The molecule has 27 heavy (non-hydrogen) atoms. The molecule has 0 aliphatic rings. The van der Waals surface area contributed by atoms with Crippen molar-refractivity contribution >= 4 is 21.6 Å². The van der Waals surface area contributed by atoms with Crippen LogP contribution in [0.15, 0.2) is 53.4 Å². The van der Waals surface area contributed by atoms with Crippen molar-refractivity contribution in [1.29, 1.82) is 0 Å². The van der Waals surface area contributed by atoms with Crippen molar-refractivity contribution < 1.29 is 17.9 Å². The monoisotopic (exact) mass is 390 g/mol. The van der Waals surface area contributed by atoms with Crippen LogP contribution in [0, 0.1) is 6.92 Å². The summed E-state index contributed by atoms with van der Waals surface area (Å²) in [6, 6.07) is 13.4. The van der Waals surface area contributed by atoms with E-state index in [1.165, 1.54) is 11.4 Å². The lowest BCUT2D eigenvalue weighted by Gasteiger charge is -2.20. The van der Waals surface area contributed by atoms with Crippen LogP contribution in [0.2, 0.25) is 0 Å². The van der Waals surface area contributed by atoms with Gasteiger partial charge in [0.25, 0.3) is 15.9 Å². The number of hydrogen-bond acceptors (Lipinski definition) is 4. The number of carbonyl (C=O) groups excluding carboxylic acids is 1. The molecule has 0 N–H and O–H groups in total. The van der Waals surface area contributed by atoms with Crippen molar-refractivity contribution in [2.75, 3.05) is 31.0 Å². The van der Waals surface area contributed by atoms with Gasteiger partial charge in [-0.2, -0.15) is 0 Å². The van der Waals surface area contributed by atoms with Crippen molar-refractivity contribution in [2.45, 2.75) is 25.7 Å². The van der Waals surface area contributed by atoms with Crippen LogP contribution >= 0.6 is 0 Å². The maximum atomic E-state index is 12.7. The number of nitrogens with zero attached hydrogens (tertiary/aromatic N) is 2. The molecule has 0 unspecified atom stereocenters. The molecule has 146 valence electrons. The summed E-state index contributed by atoms with van der Waals surface area (Å²) >= 11 is 0. The maximum Gasteiger partial charge on any atom is 0.264 e. The van der Waals surface area contributed by atoms with Gasteiger partial charge in [0.1, 0.15) is 5.75 Å². The lowest BCUT2D eigenvalue weighted by molar-refractivity contribution is -0.132. The molecular formula is C20H26N2O4S. The predicted molar refractivity (Wildman–Crippen MR) is 107 cm³/mol. The molecule has 0 spiro atoms. The zero-order chi connectivity index (χ0) is 20.0. The van der Waals surface area contributed by atoms with E-state index >= 15 is 0 Å². The molecule has 0 fully saturated rings. The zero-order valence-electron chi connectivity index (χ0n) is 16.2. The molecule has 2 rings (SSSR count). The Kier molecular flexibility index (Phi) is 6.85. The normalized spacial score (nSPS) is 11.1. The smallest absolute Gasteiger partial charge is 0.264 e. The number of rotatable bonds is 8. The second-order valence-corrected chi connectivity index (χ2v) is 8.10. The Morgan fingerprint density at radius 3 is 2.04 bits per heavy atom. The molecule has 0 bridgehead atoms. The van der Waals surface area contributed by atoms with Crippen molar-refractivity contribution in [3.63, 3.8) is 0 Å². The Morgan fingerprint density at radius 2 is 1.52 bits per heavy atom. The van der Waals surface area contributed by atoms with Gasteiger partial charge in [-0.25, -0.2) is 8.42 Å². The van der Waals surface area contributed by atoms with Crippen molar-refractivity contribution in [3.05, 3.63) is 54.1 Å². The van der Waals surface area contributed by atoms with Crippen LogP contribution in [0.3, 0.4) is 0 Å². The fourth-order valence-corrected chi connectivity index (χ4v) is 3.77. The number of benzene rings is 2. The van der Waals surface area contributed by atoms with Gasteiger partial charge in [0.15, 0.2) is 6.61 Å². The highest BCUT2D eigenvalue weighted by atomic mass is 32.2. The Balaban J connectivity index is 2.07. The highest BCUT2D eigenvalue weighted by Gasteiger charge is 2.21. The van der Waals surface area contributed by atoms with Gasteiger partial charge in [0.05, 0.1) is 10.6 Å². The minimum atomic E-state index is -3.63. The third kappa shape index (κ3) is 5.01. The summed E-state index contributed by atoms with van der Waals surface area (Å²) < 4.78 is 32.2. The molecule has 0 heterocycles. The van der Waals surface area contributed by atoms with Gasteiger partial charge in [-0.05, 0) is 57.2 Å². The number of likely N-dealkylation sites (N-methyl/N-ethyl adjacent to an activating group) is 1. The fraction of sp³-hybridized carbons (Fsp3) is 0.350. The van der Waals surface area contributed by atoms with Gasteiger partial charge in [0, 0.05) is 20.1 Å². The van der Waals surface area contributed by atoms with E-state index in [0.29, 0.717) is 24.5 Å². The number of amides is 1. The van der Waals surface area contributed by atoms with Gasteiger partial charge in [-0.1, -0.05) is 17.7 Å². The van der Waals surface area contributed by atoms with Crippen molar-refractivity contribution in [2.24, 2.45) is 0 Å². The quantitative estimate of drug-likeness (QED) is 0.695. The van der Waals surface area contributed by atoms with Crippen LogP contribution in [0.1, 0.15) is 19.4 Å². The Morgan fingerprint density at radius 1 is 0.963 bits per heavy atom. The first kappa shape index (κ1) is 20.8. The molecule has 7 heteroatoms. The topological polar surface area (TPSA) is 66.9 Å². The van der Waals surface area contributed by atoms with E-state index in [1.54, 1.807) is 53.4 Å². The first-order valence-electron chi connectivity index (χ1n) is 8.85. The fourth-order valence-electron chi connectivity index (χ4n) is 2.57. The molecule has 0 atom stereocenters. The maximum absolute atomic E-state index is 12.7. The Hall–Kier alpha value is -2.54. The van der Waals surface area contributed by atoms with E-state index in [-0.39, 0.29) is 17.4 Å². The van der Waals surface area contributed by atoms with Gasteiger partial charge in [-0.3, -0.25) is 9.10 Å². The van der Waals surface area contributed by atoms with Crippen LogP contribution < -0.4 is 9.04 Å². The van der Waals surface area contributed by atoms with Crippen molar-refractivity contribution in [3.8, 4) is 5.75 Å². The van der Waals surface area contributed by atoms with Crippen LogP contribution in [-0.4, -0.2) is 46.0 Å². The van der Waals surface area contributed by atoms with E-state index in [0.717, 1.165) is 5.56 Å². The third-order valence-electron chi connectivity index (χ3n) is 4.36. The summed E-state index contributed by atoms with van der Waals surface area (Å²) in [5, 5.41) is 0.